The Hall–Kier alpha value is -2.70. The van der Waals surface area contributed by atoms with Crippen molar-refractivity contribution in [2.45, 2.75) is 18.9 Å². The van der Waals surface area contributed by atoms with Crippen LogP contribution >= 0.6 is 22.9 Å². The second-order valence-electron chi connectivity index (χ2n) is 6.30. The fraction of sp³-hybridized carbons (Fsp3) is 0.150. The highest BCUT2D eigenvalue weighted by atomic mass is 35.5. The molecule has 0 unspecified atom stereocenters. The van der Waals surface area contributed by atoms with Crippen LogP contribution in [0.2, 0.25) is 5.02 Å². The van der Waals surface area contributed by atoms with E-state index in [1.165, 1.54) is 11.3 Å². The lowest BCUT2D eigenvalue weighted by Crippen LogP contribution is -2.25. The van der Waals surface area contributed by atoms with Crippen LogP contribution in [0.3, 0.4) is 0 Å². The van der Waals surface area contributed by atoms with Gasteiger partial charge in [-0.05, 0) is 31.0 Å². The Morgan fingerprint density at radius 2 is 1.85 bits per heavy atom. The zero-order valence-corrected chi connectivity index (χ0v) is 15.8. The fourth-order valence-corrected chi connectivity index (χ4v) is 3.56. The molecule has 1 aromatic heterocycles. The second-order valence-corrected chi connectivity index (χ2v) is 7.57. The van der Waals surface area contributed by atoms with Crippen LogP contribution in [0.5, 0.6) is 0 Å². The van der Waals surface area contributed by atoms with Crippen molar-refractivity contribution in [3.63, 3.8) is 0 Å². The van der Waals surface area contributed by atoms with E-state index in [0.717, 1.165) is 23.4 Å². The average molecular weight is 398 g/mol. The summed E-state index contributed by atoms with van der Waals surface area (Å²) in [5.41, 5.74) is 2.15. The Bertz CT molecular complexity index is 999. The van der Waals surface area contributed by atoms with Crippen LogP contribution in [-0.2, 0) is 0 Å². The quantitative estimate of drug-likeness (QED) is 0.660. The van der Waals surface area contributed by atoms with E-state index in [2.05, 4.69) is 15.6 Å². The van der Waals surface area contributed by atoms with Gasteiger partial charge >= 0.3 is 0 Å². The highest BCUT2D eigenvalue weighted by Gasteiger charge is 2.25. The molecule has 4 rings (SSSR count). The summed E-state index contributed by atoms with van der Waals surface area (Å²) >= 11 is 7.54. The Labute approximate surface area is 165 Å². The number of aromatic nitrogens is 1. The van der Waals surface area contributed by atoms with Crippen molar-refractivity contribution >= 4 is 40.4 Å². The van der Waals surface area contributed by atoms with Crippen LogP contribution < -0.4 is 10.6 Å². The van der Waals surface area contributed by atoms with Gasteiger partial charge in [-0.2, -0.15) is 0 Å². The number of hydrogen-bond acceptors (Lipinski definition) is 4. The third kappa shape index (κ3) is 4.18. The van der Waals surface area contributed by atoms with Gasteiger partial charge in [0.25, 0.3) is 11.8 Å². The molecule has 1 heterocycles. The van der Waals surface area contributed by atoms with E-state index in [-0.39, 0.29) is 17.9 Å². The highest BCUT2D eigenvalue weighted by Crippen LogP contribution is 2.26. The van der Waals surface area contributed by atoms with Gasteiger partial charge in [0.15, 0.2) is 0 Å². The minimum atomic E-state index is -0.329. The standard InChI is InChI=1S/C20H16ClN3O2S/c21-16-9-8-14(10-15(16)18(25)22-13-6-7-13)23-19(26)17-11-27-20(24-17)12-4-2-1-3-5-12/h1-5,8-11,13H,6-7H2,(H,22,25)(H,23,26). The van der Waals surface area contributed by atoms with Crippen LogP contribution in [0.1, 0.15) is 33.7 Å². The van der Waals surface area contributed by atoms with Crippen molar-refractivity contribution < 1.29 is 9.59 Å². The molecule has 0 spiro atoms. The molecule has 1 aliphatic carbocycles. The molecule has 1 aliphatic rings. The van der Waals surface area contributed by atoms with Gasteiger partial charge in [-0.15, -0.1) is 11.3 Å². The molecule has 1 fully saturated rings. The summed E-state index contributed by atoms with van der Waals surface area (Å²) in [5, 5.41) is 8.53. The van der Waals surface area contributed by atoms with Crippen molar-refractivity contribution in [2.24, 2.45) is 0 Å². The topological polar surface area (TPSA) is 71.1 Å². The van der Waals surface area contributed by atoms with Gasteiger partial charge < -0.3 is 10.6 Å². The number of amides is 2. The van der Waals surface area contributed by atoms with E-state index in [0.29, 0.717) is 22.0 Å². The van der Waals surface area contributed by atoms with E-state index in [4.69, 9.17) is 11.6 Å². The monoisotopic (exact) mass is 397 g/mol. The largest absolute Gasteiger partial charge is 0.349 e. The molecule has 0 saturated heterocycles. The Balaban J connectivity index is 1.49. The van der Waals surface area contributed by atoms with Gasteiger partial charge in [-0.1, -0.05) is 41.9 Å². The number of nitrogens with one attached hydrogen (secondary N) is 2. The first-order valence-electron chi connectivity index (χ1n) is 8.53. The van der Waals surface area contributed by atoms with Crippen molar-refractivity contribution in [1.82, 2.24) is 10.3 Å². The number of anilines is 1. The van der Waals surface area contributed by atoms with Crippen molar-refractivity contribution in [1.29, 1.82) is 0 Å². The van der Waals surface area contributed by atoms with Gasteiger partial charge in [0.05, 0.1) is 10.6 Å². The summed E-state index contributed by atoms with van der Waals surface area (Å²) in [6.45, 7) is 0. The number of carbonyl (C=O) groups excluding carboxylic acids is 2. The van der Waals surface area contributed by atoms with Crippen LogP contribution in [-0.4, -0.2) is 22.8 Å². The third-order valence-electron chi connectivity index (χ3n) is 4.14. The second kappa shape index (κ2) is 7.50. The first-order chi connectivity index (χ1) is 13.1. The molecule has 3 aromatic rings. The zero-order chi connectivity index (χ0) is 18.8. The van der Waals surface area contributed by atoms with Crippen molar-refractivity contribution in [3.05, 3.63) is 70.2 Å². The SMILES string of the molecule is O=C(Nc1ccc(Cl)c(C(=O)NC2CC2)c1)c1csc(-c2ccccc2)n1. The molecular formula is C20H16ClN3O2S. The maximum Gasteiger partial charge on any atom is 0.275 e. The van der Waals surface area contributed by atoms with Crippen molar-refractivity contribution in [3.8, 4) is 10.6 Å². The van der Waals surface area contributed by atoms with Gasteiger partial charge in [0.2, 0.25) is 0 Å². The molecule has 7 heteroatoms. The molecule has 2 aromatic carbocycles. The molecule has 0 bridgehead atoms. The molecule has 1 saturated carbocycles. The number of halogens is 1. The van der Waals surface area contributed by atoms with E-state index < -0.39 is 0 Å². The van der Waals surface area contributed by atoms with E-state index in [1.807, 2.05) is 30.3 Å². The van der Waals surface area contributed by atoms with Gasteiger partial charge in [0, 0.05) is 22.7 Å². The molecule has 0 aliphatic heterocycles. The van der Waals surface area contributed by atoms with Gasteiger partial charge in [-0.3, -0.25) is 9.59 Å². The Morgan fingerprint density at radius 1 is 1.07 bits per heavy atom. The molecule has 136 valence electrons. The summed E-state index contributed by atoms with van der Waals surface area (Å²) in [6.07, 6.45) is 1.99. The van der Waals surface area contributed by atoms with Gasteiger partial charge in [-0.25, -0.2) is 4.98 Å². The predicted molar refractivity (Wildman–Crippen MR) is 107 cm³/mol. The van der Waals surface area contributed by atoms with E-state index in [1.54, 1.807) is 23.6 Å². The number of hydrogen-bond donors (Lipinski definition) is 2. The molecule has 0 radical (unpaired) electrons. The average Bonchev–Trinajstić information content (AvgIpc) is 3.35. The summed E-state index contributed by atoms with van der Waals surface area (Å²) in [4.78, 5) is 29.2. The number of carbonyl (C=O) groups is 2. The smallest absolute Gasteiger partial charge is 0.275 e. The summed E-state index contributed by atoms with van der Waals surface area (Å²) in [5.74, 6) is -0.553. The maximum atomic E-state index is 12.5. The lowest BCUT2D eigenvalue weighted by Gasteiger charge is -2.09. The van der Waals surface area contributed by atoms with E-state index in [9.17, 15) is 9.59 Å². The Morgan fingerprint density at radius 3 is 2.59 bits per heavy atom. The number of benzene rings is 2. The molecule has 27 heavy (non-hydrogen) atoms. The normalized spacial score (nSPS) is 13.2. The minimum Gasteiger partial charge on any atom is -0.349 e. The maximum absolute atomic E-state index is 12.5. The number of rotatable bonds is 5. The lowest BCUT2D eigenvalue weighted by atomic mass is 10.2. The first-order valence-corrected chi connectivity index (χ1v) is 9.78. The Kier molecular flexibility index (Phi) is 4.92. The molecule has 2 amide bonds. The summed E-state index contributed by atoms with van der Waals surface area (Å²) in [7, 11) is 0. The van der Waals surface area contributed by atoms with Crippen LogP contribution in [0, 0.1) is 0 Å². The van der Waals surface area contributed by atoms with Gasteiger partial charge in [0.1, 0.15) is 10.7 Å². The van der Waals surface area contributed by atoms with E-state index >= 15 is 0 Å². The molecule has 2 N–H and O–H groups in total. The molecule has 0 atom stereocenters. The molecular weight excluding hydrogens is 382 g/mol. The molecule has 5 nitrogen and oxygen atoms in total. The van der Waals surface area contributed by atoms with Crippen LogP contribution in [0.25, 0.3) is 10.6 Å². The van der Waals surface area contributed by atoms with Crippen molar-refractivity contribution in [2.75, 3.05) is 5.32 Å². The minimum absolute atomic E-state index is 0.223. The van der Waals surface area contributed by atoms with Crippen LogP contribution in [0.4, 0.5) is 5.69 Å². The first kappa shape index (κ1) is 17.7. The van der Waals surface area contributed by atoms with Crippen LogP contribution in [0.15, 0.2) is 53.9 Å². The number of nitrogens with zero attached hydrogens (tertiary/aromatic N) is 1. The summed E-state index contributed by atoms with van der Waals surface area (Å²) < 4.78 is 0. The summed E-state index contributed by atoms with van der Waals surface area (Å²) in [6, 6.07) is 14.8. The zero-order valence-electron chi connectivity index (χ0n) is 14.2. The highest BCUT2D eigenvalue weighted by molar-refractivity contribution is 7.13. The fourth-order valence-electron chi connectivity index (χ4n) is 2.55. The lowest BCUT2D eigenvalue weighted by molar-refractivity contribution is 0.0949. The third-order valence-corrected chi connectivity index (χ3v) is 5.36. The predicted octanol–water partition coefficient (Wildman–Crippen LogP) is 4.61. The number of thiazole rings is 1.